The highest BCUT2D eigenvalue weighted by molar-refractivity contribution is 5.84. The monoisotopic (exact) mass is 241 g/mol. The number of benzene rings is 1. The second-order valence-corrected chi connectivity index (χ2v) is 4.69. The highest BCUT2D eigenvalue weighted by Crippen LogP contribution is 2.32. The van der Waals surface area contributed by atoms with Crippen molar-refractivity contribution in [3.8, 4) is 11.3 Å². The van der Waals surface area contributed by atoms with Gasteiger partial charge in [-0.3, -0.25) is 9.78 Å². The molecule has 3 nitrogen and oxygen atoms in total. The van der Waals surface area contributed by atoms with Crippen molar-refractivity contribution in [2.45, 2.75) is 19.3 Å². The molecule has 0 fully saturated rings. The lowest BCUT2D eigenvalue weighted by atomic mass is 9.81. The first-order valence-corrected chi connectivity index (χ1v) is 5.78. The normalized spacial score (nSPS) is 11.2. The number of nitrogens with zero attached hydrogens (tertiary/aromatic N) is 1. The van der Waals surface area contributed by atoms with Crippen LogP contribution in [0.25, 0.3) is 11.3 Å². The highest BCUT2D eigenvalue weighted by atomic mass is 16.4. The Labute approximate surface area is 106 Å². The Kier molecular flexibility index (Phi) is 3.15. The average molecular weight is 241 g/mol. The van der Waals surface area contributed by atoms with Crippen LogP contribution in [0.5, 0.6) is 0 Å². The van der Waals surface area contributed by atoms with Gasteiger partial charge in [-0.2, -0.15) is 0 Å². The zero-order chi connectivity index (χ0) is 13.2. The molecule has 0 unspecified atom stereocenters. The van der Waals surface area contributed by atoms with Crippen molar-refractivity contribution >= 4 is 5.97 Å². The Morgan fingerprint density at radius 1 is 1.11 bits per heavy atom. The molecule has 1 aromatic heterocycles. The summed E-state index contributed by atoms with van der Waals surface area (Å²) in [4.78, 5) is 15.7. The summed E-state index contributed by atoms with van der Waals surface area (Å²) in [6.45, 7) is 3.41. The van der Waals surface area contributed by atoms with Gasteiger partial charge in [0.2, 0.25) is 0 Å². The predicted molar refractivity (Wildman–Crippen MR) is 70.3 cm³/mol. The second-order valence-electron chi connectivity index (χ2n) is 4.69. The zero-order valence-electron chi connectivity index (χ0n) is 10.4. The van der Waals surface area contributed by atoms with Crippen LogP contribution in [-0.2, 0) is 10.2 Å². The van der Waals surface area contributed by atoms with Crippen molar-refractivity contribution in [3.05, 3.63) is 54.2 Å². The summed E-state index contributed by atoms with van der Waals surface area (Å²) < 4.78 is 0. The molecule has 0 saturated heterocycles. The van der Waals surface area contributed by atoms with Gasteiger partial charge >= 0.3 is 5.97 Å². The van der Waals surface area contributed by atoms with Gasteiger partial charge in [-0.15, -0.1) is 0 Å². The Bertz CT molecular complexity index is 562. The van der Waals surface area contributed by atoms with E-state index in [4.69, 9.17) is 0 Å². The maximum atomic E-state index is 11.4. The first kappa shape index (κ1) is 12.3. The van der Waals surface area contributed by atoms with Gasteiger partial charge in [-0.1, -0.05) is 30.3 Å². The zero-order valence-corrected chi connectivity index (χ0v) is 10.4. The maximum absolute atomic E-state index is 11.4. The number of carbonyl (C=O) groups is 1. The molecule has 0 aliphatic rings. The summed E-state index contributed by atoms with van der Waals surface area (Å²) in [5.41, 5.74) is 1.50. The van der Waals surface area contributed by atoms with Gasteiger partial charge in [0.05, 0.1) is 11.1 Å². The number of hydrogen-bond acceptors (Lipinski definition) is 2. The summed E-state index contributed by atoms with van der Waals surface area (Å²) in [6.07, 6.45) is 1.71. The Morgan fingerprint density at radius 2 is 1.78 bits per heavy atom. The minimum absolute atomic E-state index is 0.774. The molecule has 1 heterocycles. The van der Waals surface area contributed by atoms with Gasteiger partial charge in [0.1, 0.15) is 0 Å². The van der Waals surface area contributed by atoms with Gasteiger partial charge in [0.15, 0.2) is 0 Å². The predicted octanol–water partition coefficient (Wildman–Crippen LogP) is 3.11. The van der Waals surface area contributed by atoms with Crippen LogP contribution >= 0.6 is 0 Å². The number of carboxylic acids is 1. The second kappa shape index (κ2) is 4.61. The van der Waals surface area contributed by atoms with Crippen LogP contribution in [0.4, 0.5) is 0 Å². The van der Waals surface area contributed by atoms with Crippen LogP contribution < -0.4 is 0 Å². The number of carboxylic acid groups (broad SMARTS) is 1. The van der Waals surface area contributed by atoms with E-state index in [0.717, 1.165) is 16.8 Å². The number of aromatic nitrogens is 1. The van der Waals surface area contributed by atoms with Crippen LogP contribution in [-0.4, -0.2) is 16.1 Å². The van der Waals surface area contributed by atoms with Crippen molar-refractivity contribution < 1.29 is 9.90 Å². The summed E-state index contributed by atoms with van der Waals surface area (Å²) in [5, 5.41) is 9.35. The molecule has 2 aromatic rings. The van der Waals surface area contributed by atoms with E-state index in [-0.39, 0.29) is 0 Å². The Balaban J connectivity index is 2.61. The van der Waals surface area contributed by atoms with E-state index in [2.05, 4.69) is 4.98 Å². The molecule has 0 bridgehead atoms. The fourth-order valence-electron chi connectivity index (χ4n) is 1.89. The van der Waals surface area contributed by atoms with Crippen LogP contribution in [0.15, 0.2) is 48.7 Å². The molecule has 0 radical (unpaired) electrons. The first-order chi connectivity index (χ1) is 8.53. The van der Waals surface area contributed by atoms with Gasteiger partial charge in [-0.25, -0.2) is 0 Å². The number of hydrogen-bond donors (Lipinski definition) is 1. The van der Waals surface area contributed by atoms with E-state index in [0.29, 0.717) is 0 Å². The Hall–Kier alpha value is -2.16. The van der Waals surface area contributed by atoms with E-state index in [1.165, 1.54) is 0 Å². The van der Waals surface area contributed by atoms with Crippen LogP contribution in [0.1, 0.15) is 19.4 Å². The standard InChI is InChI=1S/C15H15NO2/c1-15(2,14(17)18)12-8-4-3-7-11(12)13-9-5-6-10-16-13/h3-10H,1-2H3,(H,17,18). The smallest absolute Gasteiger partial charge is 0.313 e. The lowest BCUT2D eigenvalue weighted by Gasteiger charge is -2.22. The lowest BCUT2D eigenvalue weighted by Crippen LogP contribution is -2.29. The third kappa shape index (κ3) is 2.12. The van der Waals surface area contributed by atoms with Crippen LogP contribution in [0.2, 0.25) is 0 Å². The minimum Gasteiger partial charge on any atom is -0.481 e. The largest absolute Gasteiger partial charge is 0.481 e. The maximum Gasteiger partial charge on any atom is 0.313 e. The molecule has 0 amide bonds. The topological polar surface area (TPSA) is 50.2 Å². The van der Waals surface area contributed by atoms with Crippen molar-refractivity contribution in [2.24, 2.45) is 0 Å². The molecule has 1 aromatic carbocycles. The molecular formula is C15H15NO2. The quantitative estimate of drug-likeness (QED) is 0.898. The average Bonchev–Trinajstić information content (AvgIpc) is 2.39. The van der Waals surface area contributed by atoms with Crippen molar-refractivity contribution in [1.82, 2.24) is 4.98 Å². The van der Waals surface area contributed by atoms with E-state index in [1.54, 1.807) is 20.0 Å². The van der Waals surface area contributed by atoms with E-state index in [1.807, 2.05) is 42.5 Å². The van der Waals surface area contributed by atoms with Gasteiger partial charge < -0.3 is 5.11 Å². The van der Waals surface area contributed by atoms with E-state index in [9.17, 15) is 9.90 Å². The summed E-state index contributed by atoms with van der Waals surface area (Å²) in [6, 6.07) is 13.1. The van der Waals surface area contributed by atoms with Gasteiger partial charge in [0, 0.05) is 11.8 Å². The third-order valence-corrected chi connectivity index (χ3v) is 3.08. The SMILES string of the molecule is CC(C)(C(=O)O)c1ccccc1-c1ccccn1. The molecule has 0 atom stereocenters. The van der Waals surface area contributed by atoms with E-state index < -0.39 is 11.4 Å². The fraction of sp³-hybridized carbons (Fsp3) is 0.200. The summed E-state index contributed by atoms with van der Waals surface area (Å²) in [5.74, 6) is -0.842. The Morgan fingerprint density at radius 3 is 2.39 bits per heavy atom. The van der Waals surface area contributed by atoms with Crippen molar-refractivity contribution in [2.75, 3.05) is 0 Å². The molecule has 0 spiro atoms. The minimum atomic E-state index is -0.936. The number of rotatable bonds is 3. The highest BCUT2D eigenvalue weighted by Gasteiger charge is 2.31. The molecule has 0 aliphatic carbocycles. The molecule has 1 N–H and O–H groups in total. The van der Waals surface area contributed by atoms with Crippen molar-refractivity contribution in [3.63, 3.8) is 0 Å². The summed E-state index contributed by atoms with van der Waals surface area (Å²) in [7, 11) is 0. The molecule has 0 aliphatic heterocycles. The van der Waals surface area contributed by atoms with Crippen molar-refractivity contribution in [1.29, 1.82) is 0 Å². The lowest BCUT2D eigenvalue weighted by molar-refractivity contribution is -0.142. The molecule has 18 heavy (non-hydrogen) atoms. The third-order valence-electron chi connectivity index (χ3n) is 3.08. The van der Waals surface area contributed by atoms with Crippen LogP contribution in [0, 0.1) is 0 Å². The molecule has 0 saturated carbocycles. The molecule has 3 heteroatoms. The summed E-state index contributed by atoms with van der Waals surface area (Å²) >= 11 is 0. The van der Waals surface area contributed by atoms with Gasteiger partial charge in [0.25, 0.3) is 0 Å². The van der Waals surface area contributed by atoms with Gasteiger partial charge in [-0.05, 0) is 31.5 Å². The first-order valence-electron chi connectivity index (χ1n) is 5.78. The number of aliphatic carboxylic acids is 1. The molecule has 2 rings (SSSR count). The molecular weight excluding hydrogens is 226 g/mol. The molecule has 92 valence electrons. The fourth-order valence-corrected chi connectivity index (χ4v) is 1.89. The van der Waals surface area contributed by atoms with E-state index >= 15 is 0 Å². The number of pyridine rings is 1. The van der Waals surface area contributed by atoms with Crippen LogP contribution in [0.3, 0.4) is 0 Å².